The number of nitrogen functional groups attached to an aromatic ring is 2. The number of piperidine rings is 1. The van der Waals surface area contributed by atoms with Gasteiger partial charge in [-0.15, -0.1) is 0 Å². The molecule has 11 heteroatoms. The lowest BCUT2D eigenvalue weighted by atomic mass is 9.80. The highest BCUT2D eigenvalue weighted by atomic mass is 16.5. The molecule has 0 spiro atoms. The summed E-state index contributed by atoms with van der Waals surface area (Å²) in [6.45, 7) is 11.7. The van der Waals surface area contributed by atoms with Crippen molar-refractivity contribution in [2.45, 2.75) is 89.9 Å². The van der Waals surface area contributed by atoms with Crippen LogP contribution in [-0.4, -0.2) is 71.4 Å². The molecule has 2 aliphatic rings. The Morgan fingerprint density at radius 3 is 1.87 bits per heavy atom. The van der Waals surface area contributed by atoms with Gasteiger partial charge in [0.15, 0.2) is 6.61 Å². The van der Waals surface area contributed by atoms with Crippen molar-refractivity contribution in [1.29, 1.82) is 0 Å². The van der Waals surface area contributed by atoms with E-state index in [0.717, 1.165) is 66.2 Å². The number of amides is 1. The van der Waals surface area contributed by atoms with Crippen molar-refractivity contribution in [3.63, 3.8) is 0 Å². The van der Waals surface area contributed by atoms with Gasteiger partial charge in [0.1, 0.15) is 40.7 Å². The highest BCUT2D eigenvalue weighted by Gasteiger charge is 2.44. The molecule has 2 unspecified atom stereocenters. The predicted molar refractivity (Wildman–Crippen MR) is 207 cm³/mol. The molecule has 2 aromatic carbocycles. The van der Waals surface area contributed by atoms with E-state index in [1.54, 1.807) is 32.4 Å². The minimum Gasteiger partial charge on any atom is -0.496 e. The van der Waals surface area contributed by atoms with E-state index < -0.39 is 0 Å². The fourth-order valence-corrected chi connectivity index (χ4v) is 7.42. The second-order valence-corrected chi connectivity index (χ2v) is 14.6. The van der Waals surface area contributed by atoms with Crippen LogP contribution in [0.5, 0.6) is 23.0 Å². The minimum atomic E-state index is -0.178. The maximum Gasteiger partial charge on any atom is 0.261 e. The van der Waals surface area contributed by atoms with E-state index in [0.29, 0.717) is 29.2 Å². The Hall–Kier alpha value is -5.03. The first-order valence-electron chi connectivity index (χ1n) is 18.0. The normalized spacial score (nSPS) is 18.1. The van der Waals surface area contributed by atoms with Gasteiger partial charge < -0.3 is 40.6 Å². The van der Waals surface area contributed by atoms with Crippen molar-refractivity contribution in [2.24, 2.45) is 0 Å². The number of nitrogens with one attached hydrogen (secondary N) is 1. The van der Waals surface area contributed by atoms with Gasteiger partial charge in [-0.2, -0.15) is 0 Å². The predicted octanol–water partition coefficient (Wildman–Crippen LogP) is 7.15. The lowest BCUT2D eigenvalue weighted by Gasteiger charge is -2.52. The number of nitrogens with zero attached hydrogens (tertiary/aromatic N) is 3. The summed E-state index contributed by atoms with van der Waals surface area (Å²) in [4.78, 5) is 23.7. The van der Waals surface area contributed by atoms with Gasteiger partial charge >= 0.3 is 0 Å². The molecule has 2 atom stereocenters. The van der Waals surface area contributed by atoms with Crippen LogP contribution >= 0.6 is 0 Å². The molecule has 5 N–H and O–H groups in total. The van der Waals surface area contributed by atoms with E-state index in [1.807, 2.05) is 59.5 Å². The third-order valence-electron chi connectivity index (χ3n) is 9.83. The Labute approximate surface area is 308 Å². The quantitative estimate of drug-likeness (QED) is 0.155. The SMILES string of the molecule is COc1cc(OC(C)C2CCCN2)ccc1-c1cccc(N)n1.COc1cc(OCC(=O)N2C(C)(C)CCCC2(C)C)ccc1-c1cccc(N)n1. The third kappa shape index (κ3) is 9.25. The number of ether oxygens (including phenoxy) is 4. The second kappa shape index (κ2) is 16.5. The van der Waals surface area contributed by atoms with Crippen LogP contribution in [0, 0.1) is 0 Å². The highest BCUT2D eigenvalue weighted by molar-refractivity contribution is 5.80. The molecule has 0 aliphatic carbocycles. The number of anilines is 2. The zero-order valence-corrected chi connectivity index (χ0v) is 31.6. The number of carbonyl (C=O) groups excluding carboxylic acids is 1. The number of methoxy groups -OCH3 is 2. The van der Waals surface area contributed by atoms with E-state index in [2.05, 4.69) is 49.9 Å². The van der Waals surface area contributed by atoms with E-state index in [9.17, 15) is 4.79 Å². The number of hydrogen-bond donors (Lipinski definition) is 3. The fourth-order valence-electron chi connectivity index (χ4n) is 7.42. The van der Waals surface area contributed by atoms with Crippen molar-refractivity contribution in [1.82, 2.24) is 20.2 Å². The summed E-state index contributed by atoms with van der Waals surface area (Å²) in [5, 5.41) is 3.47. The first-order valence-corrected chi connectivity index (χ1v) is 18.0. The standard InChI is InChI=1S/C23H31N3O3.C18H23N3O2/c1-22(2)12-7-13-23(3,4)26(22)21(27)15-29-16-10-11-17(19(14-16)28-5)18-8-6-9-20(24)25-18;1-12(15-6-4-10-20-15)23-13-8-9-14(17(11-13)22-2)16-5-3-7-18(19)21-16/h6,8-11,14H,7,12-13,15H2,1-5H3,(H2,24,25);3,5,7-9,11-12,15,20H,4,6,10H2,1-2H3,(H2,19,21). The van der Waals surface area contributed by atoms with Gasteiger partial charge in [0.2, 0.25) is 0 Å². The zero-order chi connectivity index (χ0) is 37.5. The monoisotopic (exact) mass is 710 g/mol. The average molecular weight is 711 g/mol. The number of nitrogens with two attached hydrogens (primary N) is 2. The Morgan fingerprint density at radius 1 is 0.827 bits per heavy atom. The number of benzene rings is 2. The molecule has 2 aliphatic heterocycles. The minimum absolute atomic E-state index is 0.000225. The van der Waals surface area contributed by atoms with E-state index in [-0.39, 0.29) is 29.7 Å². The topological polar surface area (TPSA) is 147 Å². The van der Waals surface area contributed by atoms with Gasteiger partial charge in [0.25, 0.3) is 5.91 Å². The van der Waals surface area contributed by atoms with Gasteiger partial charge in [-0.05, 0) is 122 Å². The van der Waals surface area contributed by atoms with E-state index in [1.165, 1.54) is 6.42 Å². The van der Waals surface area contributed by atoms with Crippen molar-refractivity contribution >= 4 is 17.5 Å². The molecule has 1 amide bonds. The van der Waals surface area contributed by atoms with Gasteiger partial charge in [0.05, 0.1) is 25.6 Å². The summed E-state index contributed by atoms with van der Waals surface area (Å²) in [7, 11) is 3.25. The molecule has 0 radical (unpaired) electrons. The Morgan fingerprint density at radius 2 is 1.37 bits per heavy atom. The lowest BCUT2D eigenvalue weighted by Crippen LogP contribution is -2.61. The Balaban J connectivity index is 0.000000206. The number of likely N-dealkylation sites (tertiary alicyclic amines) is 1. The molecule has 278 valence electrons. The lowest BCUT2D eigenvalue weighted by molar-refractivity contribution is -0.151. The Kier molecular flexibility index (Phi) is 12.2. The first kappa shape index (κ1) is 38.2. The molecule has 2 fully saturated rings. The number of hydrogen-bond acceptors (Lipinski definition) is 10. The highest BCUT2D eigenvalue weighted by Crippen LogP contribution is 2.39. The molecule has 11 nitrogen and oxygen atoms in total. The fraction of sp³-hybridized carbons (Fsp3) is 0.439. The van der Waals surface area contributed by atoms with Crippen LogP contribution in [0.4, 0.5) is 11.6 Å². The van der Waals surface area contributed by atoms with Gasteiger partial charge in [0, 0.05) is 40.4 Å². The van der Waals surface area contributed by atoms with Crippen molar-refractivity contribution in [2.75, 3.05) is 38.8 Å². The smallest absolute Gasteiger partial charge is 0.261 e. The number of carbonyl (C=O) groups is 1. The van der Waals surface area contributed by atoms with Crippen LogP contribution in [0.1, 0.15) is 66.7 Å². The molecular formula is C41H54N6O5. The van der Waals surface area contributed by atoms with Crippen molar-refractivity contribution in [3.8, 4) is 45.5 Å². The summed E-state index contributed by atoms with van der Waals surface area (Å²) >= 11 is 0. The summed E-state index contributed by atoms with van der Waals surface area (Å²) < 4.78 is 22.9. The molecule has 2 saturated heterocycles. The zero-order valence-electron chi connectivity index (χ0n) is 31.6. The summed E-state index contributed by atoms with van der Waals surface area (Å²) in [6, 6.07) is 22.7. The molecule has 2 aromatic heterocycles. The molecule has 52 heavy (non-hydrogen) atoms. The van der Waals surface area contributed by atoms with Crippen LogP contribution in [0.2, 0.25) is 0 Å². The molecule has 4 aromatic rings. The summed E-state index contributed by atoms with van der Waals surface area (Å²) in [5.74, 6) is 3.67. The molecule has 0 bridgehead atoms. The first-order chi connectivity index (χ1) is 24.8. The second-order valence-electron chi connectivity index (χ2n) is 14.6. The van der Waals surface area contributed by atoms with Crippen molar-refractivity contribution in [3.05, 3.63) is 72.8 Å². The summed E-state index contributed by atoms with van der Waals surface area (Å²) in [6.07, 6.45) is 5.61. The van der Waals surface area contributed by atoms with Crippen molar-refractivity contribution < 1.29 is 23.7 Å². The number of rotatable bonds is 10. The molecular weight excluding hydrogens is 656 g/mol. The van der Waals surface area contributed by atoms with Crippen LogP contribution in [0.15, 0.2) is 72.8 Å². The molecule has 6 rings (SSSR count). The molecule has 4 heterocycles. The third-order valence-corrected chi connectivity index (χ3v) is 9.83. The Bertz CT molecular complexity index is 1810. The number of pyridine rings is 2. The largest absolute Gasteiger partial charge is 0.496 e. The maximum absolute atomic E-state index is 13.0. The van der Waals surface area contributed by atoms with E-state index >= 15 is 0 Å². The average Bonchev–Trinajstić information content (AvgIpc) is 3.66. The summed E-state index contributed by atoms with van der Waals surface area (Å²) in [5.41, 5.74) is 14.4. The number of aromatic nitrogens is 2. The van der Waals surface area contributed by atoms with Crippen LogP contribution in [-0.2, 0) is 4.79 Å². The van der Waals surface area contributed by atoms with Gasteiger partial charge in [-0.3, -0.25) is 4.79 Å². The van der Waals surface area contributed by atoms with Gasteiger partial charge in [-0.1, -0.05) is 12.1 Å². The van der Waals surface area contributed by atoms with Gasteiger partial charge in [-0.25, -0.2) is 9.97 Å². The van der Waals surface area contributed by atoms with Crippen LogP contribution in [0.3, 0.4) is 0 Å². The molecule has 0 saturated carbocycles. The van der Waals surface area contributed by atoms with Crippen LogP contribution in [0.25, 0.3) is 22.5 Å². The van der Waals surface area contributed by atoms with Crippen LogP contribution < -0.4 is 35.7 Å². The maximum atomic E-state index is 13.0. The van der Waals surface area contributed by atoms with E-state index in [4.69, 9.17) is 30.4 Å².